The predicted molar refractivity (Wildman–Crippen MR) is 124 cm³/mol. The first kappa shape index (κ1) is 23.5. The fourth-order valence-electron chi connectivity index (χ4n) is 4.67. The Kier molecular flexibility index (Phi) is 7.47. The molecule has 2 aliphatic rings. The van der Waals surface area contributed by atoms with Crippen LogP contribution in [-0.2, 0) is 11.3 Å². The summed E-state index contributed by atoms with van der Waals surface area (Å²) < 4.78 is 19.0. The van der Waals surface area contributed by atoms with Gasteiger partial charge < -0.3 is 20.7 Å². The van der Waals surface area contributed by atoms with Gasteiger partial charge >= 0.3 is 0 Å². The number of fused-ring (bicyclic) bond motifs is 2. The van der Waals surface area contributed by atoms with E-state index in [4.69, 9.17) is 22.1 Å². The van der Waals surface area contributed by atoms with Crippen molar-refractivity contribution >= 4 is 23.4 Å². The van der Waals surface area contributed by atoms with E-state index in [0.717, 1.165) is 38.0 Å². The van der Waals surface area contributed by atoms with Gasteiger partial charge in [-0.15, -0.1) is 0 Å². The van der Waals surface area contributed by atoms with Crippen LogP contribution >= 0.6 is 11.6 Å². The summed E-state index contributed by atoms with van der Waals surface area (Å²) in [6, 6.07) is 11.5. The fraction of sp³-hybridized carbons (Fsp3) is 0.417. The molecule has 4 rings (SSSR count). The highest BCUT2D eigenvalue weighted by Crippen LogP contribution is 2.31. The highest BCUT2D eigenvalue weighted by atomic mass is 35.5. The van der Waals surface area contributed by atoms with Gasteiger partial charge in [0.05, 0.1) is 5.56 Å². The number of nitrogens with one attached hydrogen (secondary N) is 1. The minimum absolute atomic E-state index is 0.0998. The minimum Gasteiger partial charge on any atom is -0.483 e. The third-order valence-corrected chi connectivity index (χ3v) is 6.37. The second-order valence-corrected chi connectivity index (χ2v) is 8.92. The van der Waals surface area contributed by atoms with Crippen LogP contribution in [0.1, 0.15) is 28.8 Å². The van der Waals surface area contributed by atoms with Crippen molar-refractivity contribution in [3.8, 4) is 5.75 Å². The lowest BCUT2D eigenvalue weighted by atomic mass is 10.1. The number of halogens is 2. The van der Waals surface area contributed by atoms with Gasteiger partial charge in [0.25, 0.3) is 11.8 Å². The molecule has 33 heavy (non-hydrogen) atoms. The number of carbonyl (C=O) groups is 2. The molecule has 0 spiro atoms. The van der Waals surface area contributed by atoms with Crippen molar-refractivity contribution in [2.45, 2.75) is 31.5 Å². The van der Waals surface area contributed by atoms with Gasteiger partial charge in [0.2, 0.25) is 0 Å². The molecular formula is C24H28ClFN4O3. The summed E-state index contributed by atoms with van der Waals surface area (Å²) in [5.74, 6) is -0.395. The average Bonchev–Trinajstić information content (AvgIpc) is 3.08. The molecule has 2 heterocycles. The highest BCUT2D eigenvalue weighted by Gasteiger charge is 2.42. The van der Waals surface area contributed by atoms with E-state index < -0.39 is 0 Å². The monoisotopic (exact) mass is 474 g/mol. The summed E-state index contributed by atoms with van der Waals surface area (Å²) in [4.78, 5) is 29.7. The van der Waals surface area contributed by atoms with E-state index in [2.05, 4.69) is 10.2 Å². The number of likely N-dealkylation sites (tertiary alicyclic amines) is 1. The Balaban J connectivity index is 1.37. The summed E-state index contributed by atoms with van der Waals surface area (Å²) in [6.07, 6.45) is 1.89. The van der Waals surface area contributed by atoms with Crippen molar-refractivity contribution in [2.75, 3.05) is 32.8 Å². The standard InChI is InChI=1S/C24H28ClFN4O3/c25-17-3-8-21(24(32)28-10-9-27)22(11-17)33-15-23(31)30-19-6-7-20(30)14-29(13-19)12-16-1-4-18(26)5-2-16/h1-5,8,11,19-20H,6-7,9-10,12-15,27H2,(H,28,32). The topological polar surface area (TPSA) is 87.9 Å². The molecule has 2 amide bonds. The van der Waals surface area contributed by atoms with Crippen LogP contribution in [0.3, 0.4) is 0 Å². The van der Waals surface area contributed by atoms with Gasteiger partial charge in [0, 0.05) is 49.8 Å². The molecule has 176 valence electrons. The molecule has 0 radical (unpaired) electrons. The van der Waals surface area contributed by atoms with Crippen LogP contribution in [0.4, 0.5) is 4.39 Å². The van der Waals surface area contributed by atoms with Crippen LogP contribution in [0.25, 0.3) is 0 Å². The highest BCUT2D eigenvalue weighted by molar-refractivity contribution is 6.30. The van der Waals surface area contributed by atoms with E-state index >= 15 is 0 Å². The Morgan fingerprint density at radius 3 is 2.48 bits per heavy atom. The smallest absolute Gasteiger partial charge is 0.261 e. The van der Waals surface area contributed by atoms with Gasteiger partial charge in [-0.25, -0.2) is 4.39 Å². The number of nitrogens with two attached hydrogens (primary N) is 1. The first-order chi connectivity index (χ1) is 15.9. The van der Waals surface area contributed by atoms with E-state index in [1.807, 2.05) is 4.90 Å². The van der Waals surface area contributed by atoms with Crippen molar-refractivity contribution in [3.05, 3.63) is 64.4 Å². The van der Waals surface area contributed by atoms with Gasteiger partial charge in [-0.2, -0.15) is 0 Å². The SMILES string of the molecule is NCCNC(=O)c1ccc(Cl)cc1OCC(=O)N1C2CCC1CN(Cc1ccc(F)cc1)C2. The van der Waals surface area contributed by atoms with Crippen molar-refractivity contribution in [2.24, 2.45) is 5.73 Å². The van der Waals surface area contributed by atoms with Gasteiger partial charge in [0.1, 0.15) is 11.6 Å². The lowest BCUT2D eigenvalue weighted by Gasteiger charge is -2.41. The number of ether oxygens (including phenoxy) is 1. The molecule has 2 aromatic carbocycles. The molecule has 2 bridgehead atoms. The summed E-state index contributed by atoms with van der Waals surface area (Å²) in [6.45, 7) is 2.76. The molecule has 9 heteroatoms. The maximum Gasteiger partial charge on any atom is 0.261 e. The van der Waals surface area contributed by atoms with Gasteiger partial charge in [0.15, 0.2) is 6.61 Å². The Morgan fingerprint density at radius 2 is 1.82 bits per heavy atom. The minimum atomic E-state index is -0.325. The third-order valence-electron chi connectivity index (χ3n) is 6.13. The first-order valence-corrected chi connectivity index (χ1v) is 11.5. The Morgan fingerprint density at radius 1 is 1.12 bits per heavy atom. The molecule has 2 unspecified atom stereocenters. The first-order valence-electron chi connectivity index (χ1n) is 11.1. The number of benzene rings is 2. The van der Waals surface area contributed by atoms with E-state index in [0.29, 0.717) is 23.7 Å². The summed E-state index contributed by atoms with van der Waals surface area (Å²) in [7, 11) is 0. The number of piperazine rings is 1. The molecule has 0 saturated carbocycles. The molecule has 7 nitrogen and oxygen atoms in total. The van der Waals surface area contributed by atoms with Crippen molar-refractivity contribution in [3.63, 3.8) is 0 Å². The van der Waals surface area contributed by atoms with Gasteiger partial charge in [-0.1, -0.05) is 23.7 Å². The molecule has 2 aliphatic heterocycles. The quantitative estimate of drug-likeness (QED) is 0.613. The maximum absolute atomic E-state index is 13.2. The van der Waals surface area contributed by atoms with E-state index in [1.165, 1.54) is 12.1 Å². The second-order valence-electron chi connectivity index (χ2n) is 8.48. The van der Waals surface area contributed by atoms with Gasteiger partial charge in [-0.05, 0) is 48.7 Å². The van der Waals surface area contributed by atoms with Crippen LogP contribution < -0.4 is 15.8 Å². The summed E-state index contributed by atoms with van der Waals surface area (Å²) >= 11 is 6.08. The molecule has 2 atom stereocenters. The molecule has 2 fully saturated rings. The van der Waals surface area contributed by atoms with Gasteiger partial charge in [-0.3, -0.25) is 14.5 Å². The van der Waals surface area contributed by atoms with Crippen molar-refractivity contribution in [1.29, 1.82) is 0 Å². The average molecular weight is 475 g/mol. The largest absolute Gasteiger partial charge is 0.483 e. The van der Waals surface area contributed by atoms with Crippen LogP contribution in [0.5, 0.6) is 5.75 Å². The lowest BCUT2D eigenvalue weighted by Crippen LogP contribution is -2.56. The van der Waals surface area contributed by atoms with Crippen LogP contribution in [0, 0.1) is 5.82 Å². The maximum atomic E-state index is 13.2. The van der Waals surface area contributed by atoms with Crippen molar-refractivity contribution in [1.82, 2.24) is 15.1 Å². The summed E-state index contributed by atoms with van der Waals surface area (Å²) in [5, 5.41) is 3.12. The predicted octanol–water partition coefficient (Wildman–Crippen LogP) is 2.42. The Bertz CT molecular complexity index is 990. The van der Waals surface area contributed by atoms with Crippen molar-refractivity contribution < 1.29 is 18.7 Å². The fourth-order valence-corrected chi connectivity index (χ4v) is 4.83. The molecule has 0 aliphatic carbocycles. The normalized spacial score (nSPS) is 20.0. The number of hydrogen-bond donors (Lipinski definition) is 2. The molecule has 3 N–H and O–H groups in total. The zero-order valence-electron chi connectivity index (χ0n) is 18.3. The number of amides is 2. The van der Waals surface area contributed by atoms with E-state index in [-0.39, 0.29) is 42.1 Å². The second kappa shape index (κ2) is 10.5. The number of carbonyl (C=O) groups excluding carboxylic acids is 2. The molecule has 2 saturated heterocycles. The summed E-state index contributed by atoms with van der Waals surface area (Å²) in [5.41, 5.74) is 6.82. The van der Waals surface area contributed by atoms with Crippen LogP contribution in [-0.4, -0.2) is 66.5 Å². The Hall–Kier alpha value is -2.68. The van der Waals surface area contributed by atoms with E-state index in [9.17, 15) is 14.0 Å². The molecule has 2 aromatic rings. The third kappa shape index (κ3) is 5.63. The zero-order chi connectivity index (χ0) is 23.4. The number of nitrogens with zero attached hydrogens (tertiary/aromatic N) is 2. The molecular weight excluding hydrogens is 447 g/mol. The Labute approximate surface area is 197 Å². The zero-order valence-corrected chi connectivity index (χ0v) is 19.1. The number of rotatable bonds is 8. The lowest BCUT2D eigenvalue weighted by molar-refractivity contribution is -0.139. The van der Waals surface area contributed by atoms with Crippen LogP contribution in [0.15, 0.2) is 42.5 Å². The molecule has 0 aromatic heterocycles. The van der Waals surface area contributed by atoms with E-state index in [1.54, 1.807) is 30.3 Å². The van der Waals surface area contributed by atoms with Crippen LogP contribution in [0.2, 0.25) is 5.02 Å². The number of hydrogen-bond acceptors (Lipinski definition) is 5.